The first-order valence-electron chi connectivity index (χ1n) is 4.81. The van der Waals surface area contributed by atoms with Crippen LogP contribution in [0.25, 0.3) is 11.1 Å². The Bertz CT molecular complexity index is 425. The fraction of sp³-hybridized carbons (Fsp3) is 0.167. The van der Waals surface area contributed by atoms with E-state index in [0.29, 0.717) is 0 Å². The molecule has 0 aliphatic heterocycles. The fourth-order valence-electron chi connectivity index (χ4n) is 1.60. The van der Waals surface area contributed by atoms with Crippen LogP contribution in [-0.4, -0.2) is 11.7 Å². The van der Waals surface area contributed by atoms with Gasteiger partial charge in [-0.05, 0) is 33.5 Å². The van der Waals surface area contributed by atoms with Gasteiger partial charge in [-0.3, -0.25) is 0 Å². The number of rotatable bonds is 3. The van der Waals surface area contributed by atoms with Gasteiger partial charge in [0.2, 0.25) is 0 Å². The van der Waals surface area contributed by atoms with Crippen LogP contribution in [0.15, 0.2) is 41.1 Å². The first-order valence-corrected chi connectivity index (χ1v) is 5.75. The van der Waals surface area contributed by atoms with Gasteiger partial charge in [0, 0.05) is 0 Å². The van der Waals surface area contributed by atoms with Gasteiger partial charge in [-0.25, -0.2) is 0 Å². The van der Waals surface area contributed by atoms with E-state index < -0.39 is 0 Å². The molecule has 0 radical (unpaired) electrons. The highest BCUT2D eigenvalue weighted by Crippen LogP contribution is 2.28. The van der Waals surface area contributed by atoms with Crippen molar-refractivity contribution in [2.24, 2.45) is 5.73 Å². The lowest BCUT2D eigenvalue weighted by Gasteiger charge is -2.13. The van der Waals surface area contributed by atoms with Gasteiger partial charge in [0.1, 0.15) is 0 Å². The first kappa shape index (κ1) is 10.4. The van der Waals surface area contributed by atoms with Gasteiger partial charge in [0.05, 0.1) is 12.6 Å². The fourth-order valence-corrected chi connectivity index (χ4v) is 2.26. The van der Waals surface area contributed by atoms with Crippen molar-refractivity contribution in [3.63, 3.8) is 0 Å². The number of thiophene rings is 1. The van der Waals surface area contributed by atoms with E-state index in [-0.39, 0.29) is 12.6 Å². The maximum atomic E-state index is 9.09. The van der Waals surface area contributed by atoms with Crippen molar-refractivity contribution in [1.82, 2.24) is 0 Å². The lowest BCUT2D eigenvalue weighted by molar-refractivity contribution is 0.268. The molecule has 78 valence electrons. The monoisotopic (exact) mass is 219 g/mol. The van der Waals surface area contributed by atoms with Gasteiger partial charge in [-0.1, -0.05) is 24.3 Å². The second-order valence-electron chi connectivity index (χ2n) is 3.39. The minimum absolute atomic E-state index is 0.0266. The van der Waals surface area contributed by atoms with Crippen LogP contribution < -0.4 is 5.73 Å². The van der Waals surface area contributed by atoms with Gasteiger partial charge < -0.3 is 10.8 Å². The maximum Gasteiger partial charge on any atom is 0.0624 e. The zero-order chi connectivity index (χ0) is 10.7. The molecule has 1 atom stereocenters. The molecule has 0 amide bonds. The number of hydrogen-bond acceptors (Lipinski definition) is 3. The highest BCUT2D eigenvalue weighted by molar-refractivity contribution is 7.08. The number of aliphatic hydroxyl groups is 1. The quantitative estimate of drug-likeness (QED) is 0.832. The van der Waals surface area contributed by atoms with E-state index in [2.05, 4.69) is 11.4 Å². The molecule has 0 aliphatic carbocycles. The average Bonchev–Trinajstić information content (AvgIpc) is 2.81. The summed E-state index contributed by atoms with van der Waals surface area (Å²) in [5.41, 5.74) is 9.13. The van der Waals surface area contributed by atoms with Crippen molar-refractivity contribution in [2.45, 2.75) is 6.04 Å². The topological polar surface area (TPSA) is 46.2 Å². The molecule has 0 spiro atoms. The molecule has 0 fully saturated rings. The third-order valence-electron chi connectivity index (χ3n) is 2.39. The molecule has 3 N–H and O–H groups in total. The Morgan fingerprint density at radius 2 is 2.07 bits per heavy atom. The highest BCUT2D eigenvalue weighted by Gasteiger charge is 2.10. The van der Waals surface area contributed by atoms with Gasteiger partial charge in [0.25, 0.3) is 0 Å². The predicted octanol–water partition coefficient (Wildman–Crippen LogP) is 2.41. The van der Waals surface area contributed by atoms with E-state index in [1.807, 2.05) is 29.6 Å². The van der Waals surface area contributed by atoms with Crippen molar-refractivity contribution in [2.75, 3.05) is 6.61 Å². The molecule has 2 rings (SSSR count). The van der Waals surface area contributed by atoms with E-state index in [1.165, 1.54) is 5.56 Å². The van der Waals surface area contributed by atoms with Crippen molar-refractivity contribution in [3.05, 3.63) is 46.7 Å². The largest absolute Gasteiger partial charge is 0.394 e. The third-order valence-corrected chi connectivity index (χ3v) is 3.07. The van der Waals surface area contributed by atoms with Crippen molar-refractivity contribution < 1.29 is 5.11 Å². The minimum atomic E-state index is -0.305. The number of nitrogens with two attached hydrogens (primary N) is 1. The molecule has 1 heterocycles. The smallest absolute Gasteiger partial charge is 0.0624 e. The summed E-state index contributed by atoms with van der Waals surface area (Å²) in [6, 6.07) is 9.69. The summed E-state index contributed by atoms with van der Waals surface area (Å²) in [6.45, 7) is -0.0266. The van der Waals surface area contributed by atoms with Crippen LogP contribution in [0, 0.1) is 0 Å². The number of benzene rings is 1. The molecule has 2 nitrogen and oxygen atoms in total. The summed E-state index contributed by atoms with van der Waals surface area (Å²) in [7, 11) is 0. The van der Waals surface area contributed by atoms with E-state index in [9.17, 15) is 0 Å². The summed E-state index contributed by atoms with van der Waals surface area (Å²) in [6.07, 6.45) is 0. The number of hydrogen-bond donors (Lipinski definition) is 2. The second-order valence-corrected chi connectivity index (χ2v) is 4.17. The zero-order valence-corrected chi connectivity index (χ0v) is 9.08. The third kappa shape index (κ3) is 2.09. The minimum Gasteiger partial charge on any atom is -0.394 e. The Morgan fingerprint density at radius 3 is 2.73 bits per heavy atom. The molecule has 0 saturated heterocycles. The molecular weight excluding hydrogens is 206 g/mol. The highest BCUT2D eigenvalue weighted by atomic mass is 32.1. The Kier molecular flexibility index (Phi) is 3.16. The molecule has 15 heavy (non-hydrogen) atoms. The summed E-state index contributed by atoms with van der Waals surface area (Å²) in [5.74, 6) is 0. The molecule has 0 bridgehead atoms. The van der Waals surface area contributed by atoms with Crippen LogP contribution in [0.5, 0.6) is 0 Å². The SMILES string of the molecule is N[C@H](CO)c1ccccc1-c1ccsc1. The molecule has 3 heteroatoms. The summed E-state index contributed by atoms with van der Waals surface area (Å²) < 4.78 is 0. The van der Waals surface area contributed by atoms with E-state index in [1.54, 1.807) is 11.3 Å². The number of aliphatic hydroxyl groups excluding tert-OH is 1. The van der Waals surface area contributed by atoms with Crippen LogP contribution in [-0.2, 0) is 0 Å². The van der Waals surface area contributed by atoms with Gasteiger partial charge in [0.15, 0.2) is 0 Å². The van der Waals surface area contributed by atoms with Crippen LogP contribution in [0.3, 0.4) is 0 Å². The molecule has 0 saturated carbocycles. The van der Waals surface area contributed by atoms with Crippen LogP contribution in [0.2, 0.25) is 0 Å². The Labute approximate surface area is 93.0 Å². The van der Waals surface area contributed by atoms with Gasteiger partial charge in [-0.15, -0.1) is 0 Å². The second kappa shape index (κ2) is 4.57. The van der Waals surface area contributed by atoms with Crippen molar-refractivity contribution in [1.29, 1.82) is 0 Å². The zero-order valence-electron chi connectivity index (χ0n) is 8.26. The normalized spacial score (nSPS) is 12.7. The summed E-state index contributed by atoms with van der Waals surface area (Å²) in [4.78, 5) is 0. The summed E-state index contributed by atoms with van der Waals surface area (Å²) >= 11 is 1.66. The molecule has 0 unspecified atom stereocenters. The molecule has 1 aromatic heterocycles. The molecular formula is C12H13NOS. The lowest BCUT2D eigenvalue weighted by atomic mass is 9.97. The maximum absolute atomic E-state index is 9.09. The van der Waals surface area contributed by atoms with Crippen molar-refractivity contribution in [3.8, 4) is 11.1 Å². The Hall–Kier alpha value is -1.16. The van der Waals surface area contributed by atoms with Crippen molar-refractivity contribution >= 4 is 11.3 Å². The van der Waals surface area contributed by atoms with Gasteiger partial charge >= 0.3 is 0 Å². The molecule has 0 aliphatic rings. The van der Waals surface area contributed by atoms with Crippen LogP contribution >= 0.6 is 11.3 Å². The van der Waals surface area contributed by atoms with Gasteiger partial charge in [-0.2, -0.15) is 11.3 Å². The first-order chi connectivity index (χ1) is 7.33. The standard InChI is InChI=1S/C12H13NOS/c13-12(7-14)11-4-2-1-3-10(11)9-5-6-15-8-9/h1-6,8,12,14H,7,13H2/t12-/m1/s1. The summed E-state index contributed by atoms with van der Waals surface area (Å²) in [5, 5.41) is 13.2. The Balaban J connectivity index is 2.47. The molecule has 1 aromatic carbocycles. The average molecular weight is 219 g/mol. The van der Waals surface area contributed by atoms with E-state index in [4.69, 9.17) is 10.8 Å². The van der Waals surface area contributed by atoms with E-state index >= 15 is 0 Å². The van der Waals surface area contributed by atoms with Crippen LogP contribution in [0.4, 0.5) is 0 Å². The molecule has 2 aromatic rings. The van der Waals surface area contributed by atoms with E-state index in [0.717, 1.165) is 11.1 Å². The lowest BCUT2D eigenvalue weighted by Crippen LogP contribution is -2.15. The van der Waals surface area contributed by atoms with Crippen LogP contribution in [0.1, 0.15) is 11.6 Å². The Morgan fingerprint density at radius 1 is 1.27 bits per heavy atom. The predicted molar refractivity (Wildman–Crippen MR) is 63.8 cm³/mol.